The summed E-state index contributed by atoms with van der Waals surface area (Å²) in [5.74, 6) is -1.52. The molecule has 1 aromatic heterocycles. The number of rotatable bonds is 10. The lowest BCUT2D eigenvalue weighted by atomic mass is 9.92. The molecule has 2 aromatic rings. The Morgan fingerprint density at radius 3 is 2.39 bits per heavy atom. The van der Waals surface area contributed by atoms with Crippen molar-refractivity contribution in [3.8, 4) is 0 Å². The van der Waals surface area contributed by atoms with Crippen LogP contribution in [0.3, 0.4) is 0 Å². The first-order valence-corrected chi connectivity index (χ1v) is 10.3. The van der Waals surface area contributed by atoms with Crippen LogP contribution in [0.25, 0.3) is 10.9 Å². The molecule has 9 heteroatoms. The number of fused-ring (bicyclic) bond motifs is 1. The number of carbonyl (C=O) groups excluding carboxylic acids is 3. The van der Waals surface area contributed by atoms with Crippen LogP contribution in [-0.2, 0) is 21.4 Å². The summed E-state index contributed by atoms with van der Waals surface area (Å²) in [7, 11) is 1.74. The van der Waals surface area contributed by atoms with Crippen LogP contribution >= 0.6 is 0 Å². The van der Waals surface area contributed by atoms with E-state index in [1.807, 2.05) is 38.1 Å². The molecule has 1 fully saturated rings. The highest BCUT2D eigenvalue weighted by Crippen LogP contribution is 2.30. The van der Waals surface area contributed by atoms with Crippen molar-refractivity contribution in [3.05, 3.63) is 36.0 Å². The molecular formula is C22H29N3O6. The van der Waals surface area contributed by atoms with Crippen LogP contribution in [0.4, 0.5) is 0 Å². The molecule has 0 radical (unpaired) electrons. The van der Waals surface area contributed by atoms with Crippen LogP contribution in [0.1, 0.15) is 30.8 Å². The first kappa shape index (κ1) is 22.9. The first-order chi connectivity index (χ1) is 14.7. The maximum absolute atomic E-state index is 12.8. The number of epoxide rings is 1. The van der Waals surface area contributed by atoms with E-state index >= 15 is 0 Å². The highest BCUT2D eigenvalue weighted by molar-refractivity contribution is 6.02. The van der Waals surface area contributed by atoms with Crippen molar-refractivity contribution in [1.29, 1.82) is 0 Å². The number of ether oxygens (including phenoxy) is 1. The number of aromatic nitrogens is 1. The largest absolute Gasteiger partial charge is 0.394 e. The number of para-hydroxylation sites is 1. The molecule has 1 aliphatic rings. The van der Waals surface area contributed by atoms with E-state index in [-0.39, 0.29) is 12.5 Å². The van der Waals surface area contributed by atoms with Crippen molar-refractivity contribution in [1.82, 2.24) is 15.2 Å². The molecule has 0 aliphatic carbocycles. The second kappa shape index (κ2) is 9.17. The number of carbonyl (C=O) groups is 3. The van der Waals surface area contributed by atoms with Gasteiger partial charge in [-0.05, 0) is 24.5 Å². The van der Waals surface area contributed by atoms with Crippen molar-refractivity contribution in [3.63, 3.8) is 0 Å². The molecule has 2 amide bonds. The van der Waals surface area contributed by atoms with Crippen LogP contribution in [0.15, 0.2) is 30.3 Å². The standard InChI is InChI=1S/C22H29N3O6/c1-13(2)8-15(19(28)22(11-27)12-31-22)23-20(29)16(10-26)24-21(30)18-9-14-6-4-5-7-17(14)25(18)3/h4-7,9,13,15-16,26-27H,8,10-12H2,1-3H3,(H,23,29)(H,24,30)/t15?,16-,22+/m0/s1. The van der Waals surface area contributed by atoms with E-state index in [1.165, 1.54) is 0 Å². The molecule has 1 saturated heterocycles. The lowest BCUT2D eigenvalue weighted by Crippen LogP contribution is -2.55. The number of Topliss-reactive ketones (excluding diaryl/α,β-unsaturated/α-hetero) is 1. The number of aliphatic hydroxyl groups is 2. The van der Waals surface area contributed by atoms with Gasteiger partial charge in [0.2, 0.25) is 5.91 Å². The maximum Gasteiger partial charge on any atom is 0.268 e. The number of ketones is 1. The molecular weight excluding hydrogens is 402 g/mol. The number of amides is 2. The monoisotopic (exact) mass is 431 g/mol. The van der Waals surface area contributed by atoms with Gasteiger partial charge in [0, 0.05) is 18.0 Å². The van der Waals surface area contributed by atoms with E-state index in [0.717, 1.165) is 10.9 Å². The SMILES string of the molecule is CC(C)CC(NC(=O)[C@H](CO)NC(=O)c1cc2ccccc2n1C)C(=O)[C@@]1(CO)CO1. The average Bonchev–Trinajstić information content (AvgIpc) is 3.48. The Morgan fingerprint density at radius 1 is 1.16 bits per heavy atom. The van der Waals surface area contributed by atoms with E-state index in [0.29, 0.717) is 12.1 Å². The summed E-state index contributed by atoms with van der Waals surface area (Å²) < 4.78 is 6.84. The molecule has 1 aliphatic heterocycles. The van der Waals surface area contributed by atoms with Gasteiger partial charge in [0.15, 0.2) is 11.4 Å². The van der Waals surface area contributed by atoms with Gasteiger partial charge in [0.1, 0.15) is 11.7 Å². The third-order valence-corrected chi connectivity index (χ3v) is 5.53. The fourth-order valence-corrected chi connectivity index (χ4v) is 3.62. The summed E-state index contributed by atoms with van der Waals surface area (Å²) in [6, 6.07) is 7.05. The number of benzene rings is 1. The quantitative estimate of drug-likeness (QED) is 0.395. The maximum atomic E-state index is 12.8. The molecule has 0 bridgehead atoms. The summed E-state index contributed by atoms with van der Waals surface area (Å²) in [4.78, 5) is 38.3. The number of aliphatic hydroxyl groups excluding tert-OH is 2. The molecule has 0 spiro atoms. The first-order valence-electron chi connectivity index (χ1n) is 10.3. The van der Waals surface area contributed by atoms with Crippen molar-refractivity contribution in [2.45, 2.75) is 38.0 Å². The van der Waals surface area contributed by atoms with E-state index in [9.17, 15) is 24.6 Å². The molecule has 31 heavy (non-hydrogen) atoms. The van der Waals surface area contributed by atoms with E-state index in [2.05, 4.69) is 10.6 Å². The summed E-state index contributed by atoms with van der Waals surface area (Å²) >= 11 is 0. The molecule has 3 rings (SSSR count). The van der Waals surface area contributed by atoms with Crippen LogP contribution in [0.5, 0.6) is 0 Å². The minimum Gasteiger partial charge on any atom is -0.394 e. The molecule has 4 N–H and O–H groups in total. The van der Waals surface area contributed by atoms with Crippen molar-refractivity contribution in [2.75, 3.05) is 19.8 Å². The number of aryl methyl sites for hydroxylation is 1. The molecule has 2 heterocycles. The number of hydrogen-bond donors (Lipinski definition) is 4. The van der Waals surface area contributed by atoms with Gasteiger partial charge in [-0.2, -0.15) is 0 Å². The van der Waals surface area contributed by atoms with Gasteiger partial charge < -0.3 is 30.2 Å². The van der Waals surface area contributed by atoms with Gasteiger partial charge in [0.25, 0.3) is 5.91 Å². The van der Waals surface area contributed by atoms with Crippen molar-refractivity contribution >= 4 is 28.5 Å². The summed E-state index contributed by atoms with van der Waals surface area (Å²) in [6.45, 7) is 2.81. The Balaban J connectivity index is 1.72. The van der Waals surface area contributed by atoms with Crippen molar-refractivity contribution in [2.24, 2.45) is 13.0 Å². The van der Waals surface area contributed by atoms with Crippen molar-refractivity contribution < 1.29 is 29.3 Å². The third kappa shape index (κ3) is 4.79. The van der Waals surface area contributed by atoms with Gasteiger partial charge in [-0.15, -0.1) is 0 Å². The Morgan fingerprint density at radius 2 is 1.84 bits per heavy atom. The average molecular weight is 431 g/mol. The predicted molar refractivity (Wildman–Crippen MR) is 113 cm³/mol. The predicted octanol–water partition coefficient (Wildman–Crippen LogP) is 0.130. The minimum atomic E-state index is -1.27. The van der Waals surface area contributed by atoms with Gasteiger partial charge in [0.05, 0.1) is 25.9 Å². The van der Waals surface area contributed by atoms with E-state index in [1.54, 1.807) is 17.7 Å². The number of nitrogens with one attached hydrogen (secondary N) is 2. The summed E-state index contributed by atoms with van der Waals surface area (Å²) in [5, 5.41) is 25.2. The van der Waals surface area contributed by atoms with Crippen LogP contribution < -0.4 is 10.6 Å². The lowest BCUT2D eigenvalue weighted by molar-refractivity contribution is -0.133. The molecule has 168 valence electrons. The smallest absolute Gasteiger partial charge is 0.268 e. The number of nitrogens with zero attached hydrogens (tertiary/aromatic N) is 1. The molecule has 0 saturated carbocycles. The van der Waals surface area contributed by atoms with E-state index < -0.39 is 48.5 Å². The Bertz CT molecular complexity index is 979. The Kier molecular flexibility index (Phi) is 6.78. The minimum absolute atomic E-state index is 0.0849. The van der Waals surface area contributed by atoms with Crippen LogP contribution in [-0.4, -0.2) is 69.9 Å². The van der Waals surface area contributed by atoms with Gasteiger partial charge in [-0.3, -0.25) is 14.4 Å². The third-order valence-electron chi connectivity index (χ3n) is 5.53. The number of hydrogen-bond acceptors (Lipinski definition) is 6. The zero-order valence-electron chi connectivity index (χ0n) is 17.9. The lowest BCUT2D eigenvalue weighted by Gasteiger charge is -2.24. The molecule has 9 nitrogen and oxygen atoms in total. The topological polar surface area (TPSA) is 133 Å². The second-order valence-corrected chi connectivity index (χ2v) is 8.35. The normalized spacial score (nSPS) is 19.8. The fourth-order valence-electron chi connectivity index (χ4n) is 3.62. The van der Waals surface area contributed by atoms with Gasteiger partial charge in [-0.1, -0.05) is 32.0 Å². The molecule has 1 aromatic carbocycles. The highest BCUT2D eigenvalue weighted by Gasteiger charge is 2.54. The van der Waals surface area contributed by atoms with E-state index in [4.69, 9.17) is 4.74 Å². The zero-order valence-corrected chi connectivity index (χ0v) is 17.9. The van der Waals surface area contributed by atoms with Crippen LogP contribution in [0, 0.1) is 5.92 Å². The zero-order chi connectivity index (χ0) is 22.8. The Hall–Kier alpha value is -2.75. The molecule has 1 unspecified atom stereocenters. The summed E-state index contributed by atoms with van der Waals surface area (Å²) in [6.07, 6.45) is 0.338. The summed E-state index contributed by atoms with van der Waals surface area (Å²) in [5.41, 5.74) is -0.0691. The fraction of sp³-hybridized carbons (Fsp3) is 0.500. The van der Waals surface area contributed by atoms with Crippen LogP contribution in [0.2, 0.25) is 0 Å². The van der Waals surface area contributed by atoms with Gasteiger partial charge >= 0.3 is 0 Å². The second-order valence-electron chi connectivity index (χ2n) is 8.35. The molecule has 3 atom stereocenters. The highest BCUT2D eigenvalue weighted by atomic mass is 16.6. The Labute approximate surface area is 180 Å². The van der Waals surface area contributed by atoms with Gasteiger partial charge in [-0.25, -0.2) is 0 Å².